The zero-order valence-corrected chi connectivity index (χ0v) is 28.6. The minimum Gasteiger partial charge on any atom is -0.465 e. The van der Waals surface area contributed by atoms with Gasteiger partial charge in [0.15, 0.2) is 0 Å². The molecule has 0 aliphatic carbocycles. The maximum absolute atomic E-state index is 13.3. The first-order valence-electron chi connectivity index (χ1n) is 15.5. The Labute approximate surface area is 271 Å². The molecule has 1 aromatic rings. The van der Waals surface area contributed by atoms with Gasteiger partial charge in [-0.1, -0.05) is 78.8 Å². The number of hydrogen-bond donors (Lipinski definition) is 7. The van der Waals surface area contributed by atoms with Gasteiger partial charge in [-0.25, -0.2) is 4.79 Å². The predicted octanol–water partition coefficient (Wildman–Crippen LogP) is 2.50. The molecule has 0 saturated heterocycles. The van der Waals surface area contributed by atoms with Crippen molar-refractivity contribution < 1.29 is 34.2 Å². The number of carboxylic acid groups (broad SMARTS) is 1. The molecule has 6 atom stereocenters. The van der Waals surface area contributed by atoms with Crippen LogP contribution in [0.4, 0.5) is 4.79 Å². The molecule has 0 aliphatic heterocycles. The Bertz CT molecular complexity index is 1100. The van der Waals surface area contributed by atoms with Gasteiger partial charge in [-0.2, -0.15) is 11.8 Å². The minimum atomic E-state index is -1.35. The van der Waals surface area contributed by atoms with Crippen LogP contribution in [0.2, 0.25) is 0 Å². The molecule has 0 bridgehead atoms. The number of aliphatic hydroxyl groups is 1. The summed E-state index contributed by atoms with van der Waals surface area (Å²) in [6, 6.07) is 5.93. The Hall–Kier alpha value is -3.32. The maximum atomic E-state index is 13.3. The lowest BCUT2D eigenvalue weighted by atomic mass is 9.91. The van der Waals surface area contributed by atoms with Crippen LogP contribution in [-0.4, -0.2) is 82.2 Å². The highest BCUT2D eigenvalue weighted by Crippen LogP contribution is 2.17. The summed E-state index contributed by atoms with van der Waals surface area (Å²) in [5.41, 5.74) is 0.936. The lowest BCUT2D eigenvalue weighted by Crippen LogP contribution is -2.58. The van der Waals surface area contributed by atoms with Crippen LogP contribution in [0.1, 0.15) is 66.9 Å². The molecule has 45 heavy (non-hydrogen) atoms. The van der Waals surface area contributed by atoms with Crippen LogP contribution in [0.3, 0.4) is 0 Å². The largest absolute Gasteiger partial charge is 0.465 e. The second-order valence-electron chi connectivity index (χ2n) is 12.6. The molecule has 254 valence electrons. The zero-order chi connectivity index (χ0) is 34.3. The first kappa shape index (κ1) is 39.7. The minimum absolute atomic E-state index is 0.0253. The summed E-state index contributed by atoms with van der Waals surface area (Å²) in [7, 11) is 0. The van der Waals surface area contributed by atoms with E-state index in [4.69, 9.17) is 5.11 Å². The summed E-state index contributed by atoms with van der Waals surface area (Å²) in [5, 5.41) is 33.7. The van der Waals surface area contributed by atoms with Crippen LogP contribution >= 0.6 is 11.8 Å². The van der Waals surface area contributed by atoms with E-state index in [9.17, 15) is 29.1 Å². The average Bonchev–Trinajstić information content (AvgIpc) is 2.96. The van der Waals surface area contributed by atoms with Gasteiger partial charge in [-0.3, -0.25) is 19.2 Å². The van der Waals surface area contributed by atoms with Crippen LogP contribution < -0.4 is 26.6 Å². The fraction of sp³-hybridized carbons (Fsp3) is 0.656. The molecule has 0 radical (unpaired) electrons. The molecule has 0 spiro atoms. The van der Waals surface area contributed by atoms with Gasteiger partial charge < -0.3 is 36.8 Å². The molecule has 0 fully saturated rings. The second-order valence-corrected chi connectivity index (χ2v) is 13.5. The molecule has 0 heterocycles. The Morgan fingerprint density at radius 1 is 0.733 bits per heavy atom. The van der Waals surface area contributed by atoms with Gasteiger partial charge in [0.25, 0.3) is 0 Å². The van der Waals surface area contributed by atoms with Gasteiger partial charge in [0.2, 0.25) is 23.6 Å². The topological polar surface area (TPSA) is 186 Å². The Kier molecular flexibility index (Phi) is 17.6. The second kappa shape index (κ2) is 19.9. The molecular formula is C32H53N5O7S. The van der Waals surface area contributed by atoms with Crippen molar-refractivity contribution in [1.82, 2.24) is 26.6 Å². The zero-order valence-electron chi connectivity index (χ0n) is 27.8. The lowest BCUT2D eigenvalue weighted by Gasteiger charge is -2.30. The number of benzene rings is 1. The van der Waals surface area contributed by atoms with E-state index in [2.05, 4.69) is 26.6 Å². The third-order valence-electron chi connectivity index (χ3n) is 7.31. The number of thioether (sulfide) groups is 1. The van der Waals surface area contributed by atoms with Crippen molar-refractivity contribution in [3.05, 3.63) is 35.9 Å². The first-order valence-corrected chi connectivity index (χ1v) is 16.9. The van der Waals surface area contributed by atoms with Gasteiger partial charge in [-0.05, 0) is 42.4 Å². The van der Waals surface area contributed by atoms with E-state index in [1.54, 1.807) is 27.0 Å². The number of aliphatic hydroxyl groups excluding tert-OH is 1. The Balaban J connectivity index is 2.93. The van der Waals surface area contributed by atoms with Crippen LogP contribution in [0, 0.1) is 23.7 Å². The summed E-state index contributed by atoms with van der Waals surface area (Å²) in [6.45, 7) is 12.9. The van der Waals surface area contributed by atoms with E-state index in [1.165, 1.54) is 11.8 Å². The summed E-state index contributed by atoms with van der Waals surface area (Å²) in [6.07, 6.45) is -0.232. The molecule has 0 aromatic heterocycles. The molecule has 0 aliphatic rings. The molecule has 0 unspecified atom stereocenters. The van der Waals surface area contributed by atoms with Crippen molar-refractivity contribution >= 4 is 41.5 Å². The highest BCUT2D eigenvalue weighted by Gasteiger charge is 2.33. The van der Waals surface area contributed by atoms with E-state index in [0.717, 1.165) is 5.56 Å². The molecule has 12 nitrogen and oxygen atoms in total. The number of carbonyl (C=O) groups excluding carboxylic acids is 4. The van der Waals surface area contributed by atoms with Gasteiger partial charge in [0.05, 0.1) is 12.1 Å². The summed E-state index contributed by atoms with van der Waals surface area (Å²) < 4.78 is 0. The number of nitrogens with one attached hydrogen (secondary N) is 5. The fourth-order valence-electron chi connectivity index (χ4n) is 4.74. The van der Waals surface area contributed by atoms with Crippen molar-refractivity contribution in [2.24, 2.45) is 23.7 Å². The SMILES string of the molecule is CSC[C@H](NC(=O)[C@@H](NC(=O)O)C(C)C)C(=O)N[C@@H](CC(C)C)[C@@H](O)C[C@@H](C)C(=O)N[C@H](C(=O)NCc1ccccc1)C(C)C. The van der Waals surface area contributed by atoms with Gasteiger partial charge in [-0.15, -0.1) is 0 Å². The first-order chi connectivity index (χ1) is 21.1. The molecule has 7 N–H and O–H groups in total. The van der Waals surface area contributed by atoms with Crippen LogP contribution in [0.25, 0.3) is 0 Å². The average molecular weight is 652 g/mol. The van der Waals surface area contributed by atoms with Gasteiger partial charge in [0.1, 0.15) is 18.1 Å². The normalized spacial score (nSPS) is 15.4. The van der Waals surface area contributed by atoms with Crippen LogP contribution in [0.5, 0.6) is 0 Å². The predicted molar refractivity (Wildman–Crippen MR) is 176 cm³/mol. The molecular weight excluding hydrogens is 598 g/mol. The smallest absolute Gasteiger partial charge is 0.405 e. The standard InChI is InChI=1S/C32H53N5O7S/c1-18(2)14-23(34-29(40)24(17-45-8)35-31(42)27(20(5)6)37-32(43)44)25(38)15-21(7)28(39)36-26(19(3)4)30(41)33-16-22-12-10-9-11-13-22/h9-13,18-21,23-27,37-38H,14-17H2,1-8H3,(H,33,41)(H,34,40)(H,35,42)(H,36,39)(H,43,44)/t21-,23+,24+,25+,26+,27+/m1/s1. The van der Waals surface area contributed by atoms with E-state index in [0.29, 0.717) is 13.0 Å². The van der Waals surface area contributed by atoms with Crippen LogP contribution in [-0.2, 0) is 25.7 Å². The molecule has 5 amide bonds. The van der Waals surface area contributed by atoms with E-state index in [-0.39, 0.29) is 35.8 Å². The third-order valence-corrected chi connectivity index (χ3v) is 7.98. The number of hydrogen-bond acceptors (Lipinski definition) is 7. The molecule has 0 saturated carbocycles. The Morgan fingerprint density at radius 2 is 1.31 bits per heavy atom. The van der Waals surface area contributed by atoms with Crippen molar-refractivity contribution in [2.45, 2.75) is 98.1 Å². The Morgan fingerprint density at radius 3 is 1.82 bits per heavy atom. The van der Waals surface area contributed by atoms with Gasteiger partial charge in [0, 0.05) is 18.2 Å². The maximum Gasteiger partial charge on any atom is 0.405 e. The highest BCUT2D eigenvalue weighted by molar-refractivity contribution is 7.98. The number of rotatable bonds is 19. The van der Waals surface area contributed by atoms with Crippen molar-refractivity contribution in [3.8, 4) is 0 Å². The third kappa shape index (κ3) is 14.5. The lowest BCUT2D eigenvalue weighted by molar-refractivity contribution is -0.133. The van der Waals surface area contributed by atoms with E-state index in [1.807, 2.05) is 58.0 Å². The van der Waals surface area contributed by atoms with Crippen molar-refractivity contribution in [3.63, 3.8) is 0 Å². The summed E-state index contributed by atoms with van der Waals surface area (Å²) in [4.78, 5) is 63.5. The van der Waals surface area contributed by atoms with E-state index >= 15 is 0 Å². The fourth-order valence-corrected chi connectivity index (χ4v) is 5.31. The summed E-state index contributed by atoms with van der Waals surface area (Å²) >= 11 is 1.33. The highest BCUT2D eigenvalue weighted by atomic mass is 32.2. The quantitative estimate of drug-likeness (QED) is 0.119. The molecule has 1 aromatic carbocycles. The van der Waals surface area contributed by atoms with Crippen molar-refractivity contribution in [1.29, 1.82) is 0 Å². The molecule has 13 heteroatoms. The van der Waals surface area contributed by atoms with Crippen LogP contribution in [0.15, 0.2) is 30.3 Å². The number of carbonyl (C=O) groups is 5. The van der Waals surface area contributed by atoms with E-state index < -0.39 is 60.0 Å². The monoisotopic (exact) mass is 651 g/mol. The van der Waals surface area contributed by atoms with Crippen molar-refractivity contribution in [2.75, 3.05) is 12.0 Å². The molecule has 1 rings (SSSR count). The summed E-state index contributed by atoms with van der Waals surface area (Å²) in [5.74, 6) is -2.74. The van der Waals surface area contributed by atoms with Gasteiger partial charge >= 0.3 is 6.09 Å². The number of amides is 5.